The van der Waals surface area contributed by atoms with Crippen LogP contribution in [-0.2, 0) is 4.79 Å². The van der Waals surface area contributed by atoms with Gasteiger partial charge in [0.1, 0.15) is 0 Å². The van der Waals surface area contributed by atoms with Crippen molar-refractivity contribution in [1.82, 2.24) is 15.1 Å². The molecule has 0 bridgehead atoms. The number of hydrogen-bond acceptors (Lipinski definition) is 3. The summed E-state index contributed by atoms with van der Waals surface area (Å²) in [4.78, 5) is 25.9. The number of hydrogen-bond donors (Lipinski definition) is 2. The summed E-state index contributed by atoms with van der Waals surface area (Å²) < 4.78 is 0. The molecule has 0 aromatic carbocycles. The fraction of sp³-hybridized carbons (Fsp3) is 0.818. The minimum Gasteiger partial charge on any atom is -0.481 e. The molecule has 0 saturated heterocycles. The monoisotopic (exact) mass is 245 g/mol. The van der Waals surface area contributed by atoms with Crippen molar-refractivity contribution >= 4 is 12.0 Å². The quantitative estimate of drug-likeness (QED) is 0.683. The summed E-state index contributed by atoms with van der Waals surface area (Å²) >= 11 is 0. The molecule has 0 heterocycles. The lowest BCUT2D eigenvalue weighted by molar-refractivity contribution is -0.138. The predicted molar refractivity (Wildman–Crippen MR) is 66.0 cm³/mol. The van der Waals surface area contributed by atoms with E-state index >= 15 is 0 Å². The third kappa shape index (κ3) is 6.78. The molecule has 0 aliphatic heterocycles. The second-order valence-corrected chi connectivity index (χ2v) is 4.27. The predicted octanol–water partition coefficient (Wildman–Crippen LogP) is 0.443. The van der Waals surface area contributed by atoms with E-state index in [1.807, 2.05) is 25.9 Å². The van der Waals surface area contributed by atoms with Gasteiger partial charge in [0.25, 0.3) is 0 Å². The number of likely N-dealkylation sites (N-methyl/N-ethyl adjacent to an activating group) is 1. The molecule has 0 radical (unpaired) electrons. The number of nitrogens with one attached hydrogen (secondary N) is 1. The third-order valence-electron chi connectivity index (χ3n) is 2.44. The molecule has 0 spiro atoms. The maximum Gasteiger partial charge on any atom is 0.317 e. The van der Waals surface area contributed by atoms with Crippen molar-refractivity contribution in [2.75, 3.05) is 33.7 Å². The lowest BCUT2D eigenvalue weighted by atomic mass is 10.2. The van der Waals surface area contributed by atoms with E-state index in [1.54, 1.807) is 6.92 Å². The second-order valence-electron chi connectivity index (χ2n) is 4.27. The van der Waals surface area contributed by atoms with Gasteiger partial charge in [-0.25, -0.2) is 4.79 Å². The Labute approximate surface area is 103 Å². The van der Waals surface area contributed by atoms with Crippen LogP contribution in [0.3, 0.4) is 0 Å². The molecule has 100 valence electrons. The Morgan fingerprint density at radius 1 is 1.35 bits per heavy atom. The number of carbonyl (C=O) groups excluding carboxylic acids is 1. The van der Waals surface area contributed by atoms with Crippen LogP contribution in [0.4, 0.5) is 4.79 Å². The molecule has 6 heteroatoms. The molecule has 1 unspecified atom stereocenters. The number of carbonyl (C=O) groups is 2. The number of aliphatic carboxylic acids is 1. The van der Waals surface area contributed by atoms with Crippen LogP contribution in [0.2, 0.25) is 0 Å². The summed E-state index contributed by atoms with van der Waals surface area (Å²) in [5.74, 6) is -0.892. The van der Waals surface area contributed by atoms with Gasteiger partial charge in [-0.1, -0.05) is 0 Å². The zero-order chi connectivity index (χ0) is 13.4. The van der Waals surface area contributed by atoms with E-state index in [2.05, 4.69) is 5.32 Å². The molecule has 0 rings (SSSR count). The Morgan fingerprint density at radius 2 is 1.94 bits per heavy atom. The highest BCUT2D eigenvalue weighted by Crippen LogP contribution is 2.03. The van der Waals surface area contributed by atoms with Crippen LogP contribution < -0.4 is 5.32 Å². The Kier molecular flexibility index (Phi) is 7.29. The van der Waals surface area contributed by atoms with Gasteiger partial charge < -0.3 is 20.2 Å². The van der Waals surface area contributed by atoms with Crippen molar-refractivity contribution in [3.8, 4) is 0 Å². The van der Waals surface area contributed by atoms with E-state index in [4.69, 9.17) is 5.11 Å². The molecular weight excluding hydrogens is 222 g/mol. The van der Waals surface area contributed by atoms with Crippen LogP contribution >= 0.6 is 0 Å². The minimum absolute atomic E-state index is 0.0328. The van der Waals surface area contributed by atoms with Crippen LogP contribution in [0.25, 0.3) is 0 Å². The summed E-state index contributed by atoms with van der Waals surface area (Å²) in [7, 11) is 3.85. The van der Waals surface area contributed by atoms with Crippen molar-refractivity contribution < 1.29 is 14.7 Å². The Morgan fingerprint density at radius 3 is 2.35 bits per heavy atom. The van der Waals surface area contributed by atoms with Crippen molar-refractivity contribution in [1.29, 1.82) is 0 Å². The molecule has 0 aromatic rings. The summed E-state index contributed by atoms with van der Waals surface area (Å²) in [6.45, 7) is 5.40. The normalized spacial score (nSPS) is 12.3. The second kappa shape index (κ2) is 7.89. The highest BCUT2D eigenvalue weighted by atomic mass is 16.4. The molecule has 17 heavy (non-hydrogen) atoms. The van der Waals surface area contributed by atoms with Crippen molar-refractivity contribution in [2.24, 2.45) is 0 Å². The zero-order valence-corrected chi connectivity index (χ0v) is 11.1. The smallest absolute Gasteiger partial charge is 0.317 e. The standard InChI is InChI=1S/C11H23N3O3/c1-5-14(9(2)8-10(15)16)11(17)12-6-7-13(3)4/h9H,5-8H2,1-4H3,(H,12,17)(H,15,16). The number of urea groups is 1. The Balaban J connectivity index is 4.15. The summed E-state index contributed by atoms with van der Waals surface area (Å²) in [5, 5.41) is 11.5. The number of carboxylic acids is 1. The van der Waals surface area contributed by atoms with Gasteiger partial charge in [0.15, 0.2) is 0 Å². The average molecular weight is 245 g/mol. The summed E-state index contributed by atoms with van der Waals surface area (Å²) in [6, 6.07) is -0.500. The molecule has 0 fully saturated rings. The van der Waals surface area contributed by atoms with Crippen LogP contribution in [0.1, 0.15) is 20.3 Å². The average Bonchev–Trinajstić information content (AvgIpc) is 2.16. The highest BCUT2D eigenvalue weighted by Gasteiger charge is 2.20. The third-order valence-corrected chi connectivity index (χ3v) is 2.44. The first-order valence-corrected chi connectivity index (χ1v) is 5.79. The first-order valence-electron chi connectivity index (χ1n) is 5.79. The lowest BCUT2D eigenvalue weighted by Crippen LogP contribution is -2.47. The molecule has 2 N–H and O–H groups in total. The van der Waals surface area contributed by atoms with Crippen molar-refractivity contribution in [2.45, 2.75) is 26.3 Å². The fourth-order valence-electron chi connectivity index (χ4n) is 1.51. The number of carboxylic acid groups (broad SMARTS) is 1. The first kappa shape index (κ1) is 15.7. The van der Waals surface area contributed by atoms with Crippen molar-refractivity contribution in [3.63, 3.8) is 0 Å². The van der Waals surface area contributed by atoms with Crippen LogP contribution in [0.15, 0.2) is 0 Å². The van der Waals surface area contributed by atoms with E-state index in [0.717, 1.165) is 6.54 Å². The Hall–Kier alpha value is -1.30. The molecule has 1 atom stereocenters. The molecule has 2 amide bonds. The Bertz CT molecular complexity index is 256. The van der Waals surface area contributed by atoms with Gasteiger partial charge in [-0.2, -0.15) is 0 Å². The van der Waals surface area contributed by atoms with Gasteiger partial charge in [-0.15, -0.1) is 0 Å². The number of rotatable bonds is 7. The zero-order valence-electron chi connectivity index (χ0n) is 11.1. The van der Waals surface area contributed by atoms with Crippen LogP contribution in [-0.4, -0.2) is 66.7 Å². The molecular formula is C11H23N3O3. The fourth-order valence-corrected chi connectivity index (χ4v) is 1.51. The first-order chi connectivity index (χ1) is 7.88. The van der Waals surface area contributed by atoms with Gasteiger partial charge in [0, 0.05) is 25.7 Å². The lowest BCUT2D eigenvalue weighted by Gasteiger charge is -2.27. The maximum atomic E-state index is 11.8. The van der Waals surface area contributed by atoms with E-state index in [-0.39, 0.29) is 18.5 Å². The minimum atomic E-state index is -0.892. The molecule has 0 aliphatic carbocycles. The highest BCUT2D eigenvalue weighted by molar-refractivity contribution is 5.75. The molecule has 6 nitrogen and oxygen atoms in total. The van der Waals surface area contributed by atoms with Gasteiger partial charge in [-0.3, -0.25) is 4.79 Å². The van der Waals surface area contributed by atoms with Gasteiger partial charge in [0.05, 0.1) is 6.42 Å². The molecule has 0 aliphatic rings. The van der Waals surface area contributed by atoms with Gasteiger partial charge >= 0.3 is 12.0 Å². The van der Waals surface area contributed by atoms with Gasteiger partial charge in [-0.05, 0) is 27.9 Å². The van der Waals surface area contributed by atoms with Crippen LogP contribution in [0, 0.1) is 0 Å². The van der Waals surface area contributed by atoms with E-state index in [9.17, 15) is 9.59 Å². The van der Waals surface area contributed by atoms with E-state index in [1.165, 1.54) is 4.90 Å². The largest absolute Gasteiger partial charge is 0.481 e. The van der Waals surface area contributed by atoms with Crippen LogP contribution in [0.5, 0.6) is 0 Å². The van der Waals surface area contributed by atoms with E-state index in [0.29, 0.717) is 13.1 Å². The number of nitrogens with zero attached hydrogens (tertiary/aromatic N) is 2. The topological polar surface area (TPSA) is 72.9 Å². The molecule has 0 aromatic heterocycles. The van der Waals surface area contributed by atoms with E-state index < -0.39 is 5.97 Å². The van der Waals surface area contributed by atoms with Crippen molar-refractivity contribution in [3.05, 3.63) is 0 Å². The summed E-state index contributed by atoms with van der Waals surface area (Å²) in [6.07, 6.45) is -0.0328. The summed E-state index contributed by atoms with van der Waals surface area (Å²) in [5.41, 5.74) is 0. The number of amides is 2. The van der Waals surface area contributed by atoms with Gasteiger partial charge in [0.2, 0.25) is 0 Å². The molecule has 0 saturated carbocycles. The SMILES string of the molecule is CCN(C(=O)NCCN(C)C)C(C)CC(=O)O. The maximum absolute atomic E-state index is 11.8.